The minimum atomic E-state index is -0.305. The molecule has 2 N–H and O–H groups in total. The van der Waals surface area contributed by atoms with Crippen LogP contribution in [0.4, 0.5) is 0 Å². The van der Waals surface area contributed by atoms with Crippen molar-refractivity contribution in [2.45, 2.75) is 32.6 Å². The number of nitrogens with two attached hydrogens (primary N) is 1. The van der Waals surface area contributed by atoms with Crippen LogP contribution in [0.2, 0.25) is 0 Å². The third-order valence-electron chi connectivity index (χ3n) is 2.88. The van der Waals surface area contributed by atoms with E-state index in [9.17, 15) is 9.59 Å². The van der Waals surface area contributed by atoms with E-state index in [4.69, 9.17) is 5.73 Å². The normalized spacial score (nSPS) is 10.8. The van der Waals surface area contributed by atoms with E-state index in [0.717, 1.165) is 37.2 Å². The molecule has 106 valence electrons. The number of thiophene rings is 1. The molecule has 5 heteroatoms. The molecule has 4 nitrogen and oxygen atoms in total. The van der Waals surface area contributed by atoms with Gasteiger partial charge in [0.2, 0.25) is 5.91 Å². The van der Waals surface area contributed by atoms with Gasteiger partial charge in [-0.2, -0.15) is 0 Å². The van der Waals surface area contributed by atoms with Crippen molar-refractivity contribution in [1.82, 2.24) is 4.90 Å². The van der Waals surface area contributed by atoms with Crippen molar-refractivity contribution in [1.29, 1.82) is 0 Å². The number of primary amides is 1. The quantitative estimate of drug-likeness (QED) is 0.670. The Hall–Kier alpha value is -1.20. The number of hydrogen-bond donors (Lipinski definition) is 1. The third-order valence-corrected chi connectivity index (χ3v) is 3.79. The average Bonchev–Trinajstić information content (AvgIpc) is 2.88. The summed E-state index contributed by atoms with van der Waals surface area (Å²) in [6.45, 7) is 4.02. The second-order valence-electron chi connectivity index (χ2n) is 4.60. The summed E-state index contributed by atoms with van der Waals surface area (Å²) in [5.41, 5.74) is 5.23. The van der Waals surface area contributed by atoms with Crippen molar-refractivity contribution in [2.75, 3.05) is 19.6 Å². The van der Waals surface area contributed by atoms with E-state index in [1.165, 1.54) is 11.3 Å². The fourth-order valence-corrected chi connectivity index (χ4v) is 2.59. The summed E-state index contributed by atoms with van der Waals surface area (Å²) in [6, 6.07) is 3.74. The summed E-state index contributed by atoms with van der Waals surface area (Å²) < 4.78 is 0. The lowest BCUT2D eigenvalue weighted by molar-refractivity contribution is -0.119. The van der Waals surface area contributed by atoms with E-state index in [2.05, 4.69) is 6.92 Å². The number of ketones is 1. The fraction of sp³-hybridized carbons (Fsp3) is 0.571. The first-order valence-electron chi connectivity index (χ1n) is 6.70. The molecule has 0 bridgehead atoms. The molecule has 0 atom stereocenters. The van der Waals surface area contributed by atoms with Gasteiger partial charge in [0.15, 0.2) is 5.78 Å². The number of carbonyl (C=O) groups is 2. The Morgan fingerprint density at radius 2 is 2.05 bits per heavy atom. The Labute approximate surface area is 118 Å². The average molecular weight is 282 g/mol. The Bertz CT molecular complexity index is 390. The first-order valence-corrected chi connectivity index (χ1v) is 7.58. The molecule has 0 radical (unpaired) electrons. The molecule has 0 aliphatic carbocycles. The maximum atomic E-state index is 11.8. The Kier molecular flexibility index (Phi) is 7.36. The maximum absolute atomic E-state index is 11.8. The van der Waals surface area contributed by atoms with Crippen LogP contribution in [0.25, 0.3) is 0 Å². The topological polar surface area (TPSA) is 63.4 Å². The van der Waals surface area contributed by atoms with Gasteiger partial charge < -0.3 is 5.73 Å². The van der Waals surface area contributed by atoms with Gasteiger partial charge in [-0.1, -0.05) is 19.4 Å². The van der Waals surface area contributed by atoms with Crippen molar-refractivity contribution >= 4 is 23.0 Å². The molecule has 1 aromatic heterocycles. The van der Waals surface area contributed by atoms with Crippen LogP contribution in [0, 0.1) is 0 Å². The molecule has 0 unspecified atom stereocenters. The van der Waals surface area contributed by atoms with Crippen LogP contribution in [-0.4, -0.2) is 36.2 Å². The lowest BCUT2D eigenvalue weighted by Crippen LogP contribution is -2.35. The van der Waals surface area contributed by atoms with Gasteiger partial charge in [0.05, 0.1) is 11.4 Å². The molecule has 0 aromatic carbocycles. The predicted molar refractivity (Wildman–Crippen MR) is 78.4 cm³/mol. The van der Waals surface area contributed by atoms with Crippen molar-refractivity contribution < 1.29 is 9.59 Å². The van der Waals surface area contributed by atoms with E-state index in [0.29, 0.717) is 6.42 Å². The molecule has 1 aromatic rings. The summed E-state index contributed by atoms with van der Waals surface area (Å²) in [5.74, 6) is -0.120. The Morgan fingerprint density at radius 1 is 1.32 bits per heavy atom. The first-order chi connectivity index (χ1) is 9.13. The molecule has 0 aliphatic rings. The van der Waals surface area contributed by atoms with Crippen LogP contribution in [0.1, 0.15) is 42.3 Å². The number of hydrogen-bond acceptors (Lipinski definition) is 4. The molecule has 0 aliphatic heterocycles. The molecular formula is C14H22N2O2S. The van der Waals surface area contributed by atoms with E-state index in [1.54, 1.807) is 0 Å². The second-order valence-corrected chi connectivity index (χ2v) is 5.55. The van der Waals surface area contributed by atoms with Crippen molar-refractivity contribution in [3.8, 4) is 0 Å². The third kappa shape index (κ3) is 6.50. The van der Waals surface area contributed by atoms with Crippen molar-refractivity contribution in [3.63, 3.8) is 0 Å². The lowest BCUT2D eigenvalue weighted by atomic mass is 10.2. The van der Waals surface area contributed by atoms with Crippen LogP contribution >= 0.6 is 11.3 Å². The van der Waals surface area contributed by atoms with Gasteiger partial charge in [-0.3, -0.25) is 14.5 Å². The number of amides is 1. The maximum Gasteiger partial charge on any atom is 0.231 e. The van der Waals surface area contributed by atoms with Gasteiger partial charge >= 0.3 is 0 Å². The highest BCUT2D eigenvalue weighted by Gasteiger charge is 2.10. The van der Waals surface area contributed by atoms with Gasteiger partial charge in [-0.05, 0) is 37.4 Å². The largest absolute Gasteiger partial charge is 0.369 e. The Balaban J connectivity index is 2.30. The van der Waals surface area contributed by atoms with Gasteiger partial charge in [-0.15, -0.1) is 11.3 Å². The van der Waals surface area contributed by atoms with Crippen LogP contribution in [-0.2, 0) is 4.79 Å². The summed E-state index contributed by atoms with van der Waals surface area (Å²) in [7, 11) is 0. The van der Waals surface area contributed by atoms with E-state index >= 15 is 0 Å². The fourth-order valence-electron chi connectivity index (χ4n) is 1.90. The molecule has 0 spiro atoms. The molecule has 0 saturated carbocycles. The molecule has 1 rings (SSSR count). The number of rotatable bonds is 10. The van der Waals surface area contributed by atoms with E-state index in [-0.39, 0.29) is 18.2 Å². The number of unbranched alkanes of at least 4 members (excludes halogenated alkanes) is 1. The molecule has 0 saturated heterocycles. The summed E-state index contributed by atoms with van der Waals surface area (Å²) in [5, 5.41) is 1.91. The van der Waals surface area contributed by atoms with E-state index < -0.39 is 0 Å². The highest BCUT2D eigenvalue weighted by molar-refractivity contribution is 7.12. The van der Waals surface area contributed by atoms with Crippen molar-refractivity contribution in [3.05, 3.63) is 22.4 Å². The predicted octanol–water partition coefficient (Wildman–Crippen LogP) is 2.30. The zero-order chi connectivity index (χ0) is 14.1. The van der Waals surface area contributed by atoms with Gasteiger partial charge in [0.25, 0.3) is 0 Å². The minimum absolute atomic E-state index is 0.185. The van der Waals surface area contributed by atoms with Crippen LogP contribution in [0.15, 0.2) is 17.5 Å². The van der Waals surface area contributed by atoms with Gasteiger partial charge in [0.1, 0.15) is 0 Å². The molecule has 1 heterocycles. The Morgan fingerprint density at radius 3 is 2.63 bits per heavy atom. The number of nitrogens with zero attached hydrogens (tertiary/aromatic N) is 1. The lowest BCUT2D eigenvalue weighted by Gasteiger charge is -2.19. The number of carbonyl (C=O) groups excluding carboxylic acids is 2. The molecular weight excluding hydrogens is 260 g/mol. The monoisotopic (exact) mass is 282 g/mol. The van der Waals surface area contributed by atoms with Crippen LogP contribution in [0.5, 0.6) is 0 Å². The van der Waals surface area contributed by atoms with E-state index in [1.807, 2.05) is 22.4 Å². The minimum Gasteiger partial charge on any atom is -0.369 e. The summed E-state index contributed by atoms with van der Waals surface area (Å²) in [6.07, 6.45) is 3.44. The summed E-state index contributed by atoms with van der Waals surface area (Å²) in [4.78, 5) is 25.6. The van der Waals surface area contributed by atoms with Crippen molar-refractivity contribution in [2.24, 2.45) is 5.73 Å². The summed E-state index contributed by atoms with van der Waals surface area (Å²) >= 11 is 1.48. The van der Waals surface area contributed by atoms with Crippen LogP contribution in [0.3, 0.4) is 0 Å². The smallest absolute Gasteiger partial charge is 0.231 e. The van der Waals surface area contributed by atoms with Gasteiger partial charge in [0, 0.05) is 6.42 Å². The highest BCUT2D eigenvalue weighted by atomic mass is 32.1. The zero-order valence-electron chi connectivity index (χ0n) is 11.4. The van der Waals surface area contributed by atoms with Crippen LogP contribution < -0.4 is 5.73 Å². The first kappa shape index (κ1) is 15.9. The standard InChI is InChI=1S/C14H22N2O2S/c1-2-3-8-16(11-14(15)18)9-4-6-12(17)13-7-5-10-19-13/h5,7,10H,2-4,6,8-9,11H2,1H3,(H2,15,18). The van der Waals surface area contributed by atoms with Gasteiger partial charge in [-0.25, -0.2) is 0 Å². The number of Topliss-reactive ketones (excluding diaryl/α,β-unsaturated/α-hetero) is 1. The molecule has 0 fully saturated rings. The molecule has 1 amide bonds. The zero-order valence-corrected chi connectivity index (χ0v) is 12.2. The second kappa shape index (κ2) is 8.82. The molecule has 19 heavy (non-hydrogen) atoms. The highest BCUT2D eigenvalue weighted by Crippen LogP contribution is 2.12. The SMILES string of the molecule is CCCCN(CCCC(=O)c1cccs1)CC(N)=O.